The minimum Gasteiger partial charge on any atom is -0.339 e. The second-order valence-corrected chi connectivity index (χ2v) is 5.30. The Bertz CT molecular complexity index is 476. The lowest BCUT2D eigenvalue weighted by Gasteiger charge is -2.30. The van der Waals surface area contributed by atoms with Crippen LogP contribution >= 0.6 is 0 Å². The molecule has 3 N–H and O–H groups in total. The smallest absolute Gasteiger partial charge is 0.253 e. The summed E-state index contributed by atoms with van der Waals surface area (Å²) in [5.74, 6) is 0.524. The van der Waals surface area contributed by atoms with Gasteiger partial charge in [-0.25, -0.2) is 0 Å². The summed E-state index contributed by atoms with van der Waals surface area (Å²) < 4.78 is 0. The van der Waals surface area contributed by atoms with Gasteiger partial charge in [-0.15, -0.1) is 0 Å². The molecule has 2 amide bonds. The van der Waals surface area contributed by atoms with Crippen molar-refractivity contribution in [1.29, 1.82) is 0 Å². The van der Waals surface area contributed by atoms with Gasteiger partial charge in [-0.3, -0.25) is 9.59 Å². The monoisotopic (exact) mass is 275 g/mol. The number of amides is 2. The summed E-state index contributed by atoms with van der Waals surface area (Å²) in [6.07, 6.45) is 2.13. The second-order valence-electron chi connectivity index (χ2n) is 5.30. The molecular weight excluding hydrogens is 254 g/mol. The molecule has 0 aliphatic carbocycles. The molecule has 0 aromatic heterocycles. The second kappa shape index (κ2) is 6.52. The molecule has 108 valence electrons. The Morgan fingerprint density at radius 3 is 2.40 bits per heavy atom. The molecule has 1 aromatic carbocycles. The molecule has 0 saturated carbocycles. The number of carbonyl (C=O) groups is 2. The van der Waals surface area contributed by atoms with Crippen LogP contribution in [0.2, 0.25) is 0 Å². The van der Waals surface area contributed by atoms with Crippen LogP contribution in [0.15, 0.2) is 24.3 Å². The highest BCUT2D eigenvalue weighted by Crippen LogP contribution is 2.19. The molecule has 1 heterocycles. The van der Waals surface area contributed by atoms with E-state index in [-0.39, 0.29) is 18.4 Å². The predicted molar refractivity (Wildman–Crippen MR) is 78.4 cm³/mol. The number of hydrogen-bond acceptors (Lipinski definition) is 3. The minimum atomic E-state index is -0.242. The van der Waals surface area contributed by atoms with Gasteiger partial charge in [0, 0.05) is 24.3 Å². The SMILES string of the molecule is CC1CCN(C(=O)c2ccc(NC(=O)CN)cc2)CC1. The first-order valence-corrected chi connectivity index (χ1v) is 6.99. The molecule has 20 heavy (non-hydrogen) atoms. The van der Waals surface area contributed by atoms with Crippen LogP contribution in [0, 0.1) is 5.92 Å². The van der Waals surface area contributed by atoms with Crippen molar-refractivity contribution in [1.82, 2.24) is 4.90 Å². The highest BCUT2D eigenvalue weighted by Gasteiger charge is 2.21. The Morgan fingerprint density at radius 2 is 1.85 bits per heavy atom. The average Bonchev–Trinajstić information content (AvgIpc) is 2.48. The summed E-state index contributed by atoms with van der Waals surface area (Å²) in [4.78, 5) is 25.4. The molecule has 2 rings (SSSR count). The number of benzene rings is 1. The van der Waals surface area contributed by atoms with Gasteiger partial charge in [-0.1, -0.05) is 6.92 Å². The van der Waals surface area contributed by atoms with Gasteiger partial charge < -0.3 is 16.0 Å². The van der Waals surface area contributed by atoms with E-state index in [4.69, 9.17) is 5.73 Å². The van der Waals surface area contributed by atoms with Gasteiger partial charge in [0.2, 0.25) is 5.91 Å². The van der Waals surface area contributed by atoms with Crippen molar-refractivity contribution in [3.8, 4) is 0 Å². The molecule has 0 bridgehead atoms. The van der Waals surface area contributed by atoms with Crippen molar-refractivity contribution in [2.75, 3.05) is 25.0 Å². The number of nitrogens with one attached hydrogen (secondary N) is 1. The number of nitrogens with zero attached hydrogens (tertiary/aromatic N) is 1. The van der Waals surface area contributed by atoms with Gasteiger partial charge in [0.05, 0.1) is 6.54 Å². The van der Waals surface area contributed by atoms with Gasteiger partial charge >= 0.3 is 0 Å². The Balaban J connectivity index is 1.98. The number of anilines is 1. The van der Waals surface area contributed by atoms with Gasteiger partial charge in [-0.2, -0.15) is 0 Å². The van der Waals surface area contributed by atoms with Crippen molar-refractivity contribution in [2.45, 2.75) is 19.8 Å². The van der Waals surface area contributed by atoms with Crippen molar-refractivity contribution >= 4 is 17.5 Å². The van der Waals surface area contributed by atoms with Crippen LogP contribution in [0.25, 0.3) is 0 Å². The lowest BCUT2D eigenvalue weighted by Crippen LogP contribution is -2.37. The number of nitrogens with two attached hydrogens (primary N) is 1. The van der Waals surface area contributed by atoms with E-state index in [1.165, 1.54) is 0 Å². The molecule has 1 aromatic rings. The van der Waals surface area contributed by atoms with Crippen LogP contribution < -0.4 is 11.1 Å². The van der Waals surface area contributed by atoms with Crippen LogP contribution in [-0.4, -0.2) is 36.3 Å². The van der Waals surface area contributed by atoms with Crippen molar-refractivity contribution in [3.05, 3.63) is 29.8 Å². The Hall–Kier alpha value is -1.88. The molecule has 0 radical (unpaired) electrons. The largest absolute Gasteiger partial charge is 0.339 e. The quantitative estimate of drug-likeness (QED) is 0.876. The molecule has 1 saturated heterocycles. The third kappa shape index (κ3) is 3.57. The topological polar surface area (TPSA) is 75.4 Å². The zero-order valence-electron chi connectivity index (χ0n) is 11.8. The molecule has 1 aliphatic rings. The van der Waals surface area contributed by atoms with Crippen LogP contribution in [-0.2, 0) is 4.79 Å². The summed E-state index contributed by atoms with van der Waals surface area (Å²) in [5, 5.41) is 2.65. The van der Waals surface area contributed by atoms with Gasteiger partial charge in [0.1, 0.15) is 0 Å². The lowest BCUT2D eigenvalue weighted by molar-refractivity contribution is -0.114. The molecule has 5 heteroatoms. The van der Waals surface area contributed by atoms with Crippen molar-refractivity contribution in [3.63, 3.8) is 0 Å². The van der Waals surface area contributed by atoms with E-state index in [1.54, 1.807) is 24.3 Å². The van der Waals surface area contributed by atoms with Crippen molar-refractivity contribution in [2.24, 2.45) is 11.7 Å². The summed E-state index contributed by atoms with van der Waals surface area (Å²) in [5.41, 5.74) is 6.55. The van der Waals surface area contributed by atoms with E-state index in [1.807, 2.05) is 4.90 Å². The average molecular weight is 275 g/mol. The number of rotatable bonds is 3. The predicted octanol–water partition coefficient (Wildman–Crippen LogP) is 1.46. The number of carbonyl (C=O) groups excluding carboxylic acids is 2. The van der Waals surface area contributed by atoms with Gasteiger partial charge in [-0.05, 0) is 43.0 Å². The molecule has 0 spiro atoms. The van der Waals surface area contributed by atoms with E-state index < -0.39 is 0 Å². The molecule has 0 unspecified atom stereocenters. The summed E-state index contributed by atoms with van der Waals surface area (Å²) in [7, 11) is 0. The highest BCUT2D eigenvalue weighted by atomic mass is 16.2. The Kier molecular flexibility index (Phi) is 4.74. The van der Waals surface area contributed by atoms with Crippen LogP contribution in [0.3, 0.4) is 0 Å². The van der Waals surface area contributed by atoms with Gasteiger partial charge in [0.15, 0.2) is 0 Å². The first-order valence-electron chi connectivity index (χ1n) is 6.99. The normalized spacial score (nSPS) is 16.0. The van der Waals surface area contributed by atoms with E-state index in [9.17, 15) is 9.59 Å². The maximum atomic E-state index is 12.3. The maximum Gasteiger partial charge on any atom is 0.253 e. The first kappa shape index (κ1) is 14.5. The summed E-state index contributed by atoms with van der Waals surface area (Å²) >= 11 is 0. The third-order valence-electron chi connectivity index (χ3n) is 3.67. The third-order valence-corrected chi connectivity index (χ3v) is 3.67. The fraction of sp³-hybridized carbons (Fsp3) is 0.467. The minimum absolute atomic E-state index is 0.0490. The summed E-state index contributed by atoms with van der Waals surface area (Å²) in [6, 6.07) is 6.94. The number of piperidine rings is 1. The van der Waals surface area contributed by atoms with Crippen LogP contribution in [0.1, 0.15) is 30.1 Å². The standard InChI is InChI=1S/C15H21N3O2/c1-11-6-8-18(9-7-11)15(20)12-2-4-13(5-3-12)17-14(19)10-16/h2-5,11H,6-10,16H2,1H3,(H,17,19). The maximum absolute atomic E-state index is 12.3. The van der Waals surface area contributed by atoms with Crippen LogP contribution in [0.5, 0.6) is 0 Å². The Morgan fingerprint density at radius 1 is 1.25 bits per heavy atom. The molecule has 5 nitrogen and oxygen atoms in total. The molecule has 1 aliphatic heterocycles. The zero-order valence-corrected chi connectivity index (χ0v) is 11.8. The summed E-state index contributed by atoms with van der Waals surface area (Å²) in [6.45, 7) is 3.82. The fourth-order valence-electron chi connectivity index (χ4n) is 2.30. The highest BCUT2D eigenvalue weighted by molar-refractivity contribution is 5.96. The molecule has 0 atom stereocenters. The van der Waals surface area contributed by atoms with E-state index in [0.717, 1.165) is 25.9 Å². The molecular formula is C15H21N3O2. The lowest BCUT2D eigenvalue weighted by atomic mass is 9.98. The fourth-order valence-corrected chi connectivity index (χ4v) is 2.30. The van der Waals surface area contributed by atoms with Crippen LogP contribution in [0.4, 0.5) is 5.69 Å². The zero-order chi connectivity index (χ0) is 14.5. The van der Waals surface area contributed by atoms with E-state index >= 15 is 0 Å². The first-order chi connectivity index (χ1) is 9.60. The van der Waals surface area contributed by atoms with E-state index in [0.29, 0.717) is 17.2 Å². The van der Waals surface area contributed by atoms with Gasteiger partial charge in [0.25, 0.3) is 5.91 Å². The number of likely N-dealkylation sites (tertiary alicyclic amines) is 1. The van der Waals surface area contributed by atoms with E-state index in [2.05, 4.69) is 12.2 Å². The number of hydrogen-bond donors (Lipinski definition) is 2. The van der Waals surface area contributed by atoms with Crippen molar-refractivity contribution < 1.29 is 9.59 Å². The molecule has 1 fully saturated rings. The Labute approximate surface area is 119 Å².